The van der Waals surface area contributed by atoms with E-state index < -0.39 is 0 Å². The summed E-state index contributed by atoms with van der Waals surface area (Å²) >= 11 is 0. The number of hydrogen-bond acceptors (Lipinski definition) is 3. The fourth-order valence-corrected chi connectivity index (χ4v) is 2.27. The molecule has 90 valence electrons. The molecule has 0 atom stereocenters. The topological polar surface area (TPSA) is 38.3 Å². The molecule has 1 heterocycles. The summed E-state index contributed by atoms with van der Waals surface area (Å²) in [5.41, 5.74) is 3.54. The van der Waals surface area contributed by atoms with Crippen LogP contribution in [0.5, 0.6) is 0 Å². The molecule has 0 bridgehead atoms. The second-order valence-electron chi connectivity index (χ2n) is 4.89. The van der Waals surface area contributed by atoms with Crippen LogP contribution in [0, 0.1) is 0 Å². The molecule has 0 unspecified atom stereocenters. The molecule has 17 heavy (non-hydrogen) atoms. The summed E-state index contributed by atoms with van der Waals surface area (Å²) in [6.07, 6.45) is 2.16. The summed E-state index contributed by atoms with van der Waals surface area (Å²) < 4.78 is 4.81. The molecule has 1 aromatic rings. The SMILES string of the molecule is COC(=O)c1cccc2c1NC(C)(C)C=C2C. The molecule has 0 aliphatic carbocycles. The van der Waals surface area contributed by atoms with Crippen LogP contribution in [0.15, 0.2) is 24.3 Å². The molecule has 2 rings (SSSR count). The Labute approximate surface area is 101 Å². The Morgan fingerprint density at radius 1 is 1.35 bits per heavy atom. The van der Waals surface area contributed by atoms with Crippen molar-refractivity contribution in [3.05, 3.63) is 35.4 Å². The van der Waals surface area contributed by atoms with Crippen LogP contribution < -0.4 is 5.32 Å². The van der Waals surface area contributed by atoms with Crippen LogP contribution in [0.2, 0.25) is 0 Å². The molecule has 0 spiro atoms. The molecule has 3 nitrogen and oxygen atoms in total. The van der Waals surface area contributed by atoms with Crippen LogP contribution in [0.3, 0.4) is 0 Å². The van der Waals surface area contributed by atoms with E-state index in [0.717, 1.165) is 11.3 Å². The molecule has 3 heteroatoms. The number of ether oxygens (including phenoxy) is 1. The number of benzene rings is 1. The zero-order valence-corrected chi connectivity index (χ0v) is 10.6. The van der Waals surface area contributed by atoms with Crippen molar-refractivity contribution < 1.29 is 9.53 Å². The van der Waals surface area contributed by atoms with E-state index in [9.17, 15) is 4.79 Å². The smallest absolute Gasteiger partial charge is 0.339 e. The quantitative estimate of drug-likeness (QED) is 0.755. The Hall–Kier alpha value is -1.77. The first-order valence-electron chi connectivity index (χ1n) is 5.64. The molecule has 0 radical (unpaired) electrons. The van der Waals surface area contributed by atoms with Crippen molar-refractivity contribution in [2.45, 2.75) is 26.3 Å². The van der Waals surface area contributed by atoms with Crippen LogP contribution in [0.25, 0.3) is 5.57 Å². The summed E-state index contributed by atoms with van der Waals surface area (Å²) in [6, 6.07) is 5.67. The average molecular weight is 231 g/mol. The Morgan fingerprint density at radius 3 is 2.71 bits per heavy atom. The second kappa shape index (κ2) is 3.91. The van der Waals surface area contributed by atoms with Crippen molar-refractivity contribution >= 4 is 17.2 Å². The molecule has 1 aliphatic rings. The lowest BCUT2D eigenvalue weighted by Gasteiger charge is -2.32. The maximum atomic E-state index is 11.7. The number of fused-ring (bicyclic) bond motifs is 1. The molecular formula is C14H17NO2. The van der Waals surface area contributed by atoms with Crippen molar-refractivity contribution in [2.24, 2.45) is 0 Å². The number of carbonyl (C=O) groups is 1. The minimum atomic E-state index is -0.306. The predicted molar refractivity (Wildman–Crippen MR) is 69.1 cm³/mol. The van der Waals surface area contributed by atoms with E-state index >= 15 is 0 Å². The number of methoxy groups -OCH3 is 1. The fraction of sp³-hybridized carbons (Fsp3) is 0.357. The summed E-state index contributed by atoms with van der Waals surface area (Å²) in [4.78, 5) is 11.7. The van der Waals surface area contributed by atoms with Crippen molar-refractivity contribution in [3.8, 4) is 0 Å². The Bertz CT molecular complexity index is 501. The summed E-state index contributed by atoms with van der Waals surface area (Å²) in [7, 11) is 1.40. The van der Waals surface area contributed by atoms with Crippen molar-refractivity contribution in [2.75, 3.05) is 12.4 Å². The number of rotatable bonds is 1. The highest BCUT2D eigenvalue weighted by Gasteiger charge is 2.26. The first-order chi connectivity index (χ1) is 7.94. The van der Waals surface area contributed by atoms with Gasteiger partial charge in [-0.3, -0.25) is 0 Å². The van der Waals surface area contributed by atoms with Gasteiger partial charge in [0.25, 0.3) is 0 Å². The van der Waals surface area contributed by atoms with E-state index in [-0.39, 0.29) is 11.5 Å². The third-order valence-electron chi connectivity index (χ3n) is 2.92. The molecule has 1 N–H and O–H groups in total. The number of carbonyl (C=O) groups excluding carboxylic acids is 1. The molecular weight excluding hydrogens is 214 g/mol. The van der Waals surface area contributed by atoms with Gasteiger partial charge in [0.2, 0.25) is 0 Å². The van der Waals surface area contributed by atoms with Gasteiger partial charge in [0.15, 0.2) is 0 Å². The van der Waals surface area contributed by atoms with Gasteiger partial charge in [-0.25, -0.2) is 4.79 Å². The molecule has 0 fully saturated rings. The maximum absolute atomic E-state index is 11.7. The van der Waals surface area contributed by atoms with Crippen LogP contribution in [-0.4, -0.2) is 18.6 Å². The third-order valence-corrected chi connectivity index (χ3v) is 2.92. The lowest BCUT2D eigenvalue weighted by atomic mass is 9.89. The zero-order chi connectivity index (χ0) is 12.6. The number of esters is 1. The largest absolute Gasteiger partial charge is 0.465 e. The third kappa shape index (κ3) is 2.05. The Balaban J connectivity index is 2.60. The monoisotopic (exact) mass is 231 g/mol. The molecule has 1 aliphatic heterocycles. The predicted octanol–water partition coefficient (Wildman–Crippen LogP) is 3.08. The van der Waals surface area contributed by atoms with Crippen molar-refractivity contribution in [1.29, 1.82) is 0 Å². The average Bonchev–Trinajstić information content (AvgIpc) is 2.26. The number of nitrogens with one attached hydrogen (secondary N) is 1. The van der Waals surface area contributed by atoms with E-state index in [1.165, 1.54) is 12.7 Å². The van der Waals surface area contributed by atoms with Crippen LogP contribution in [0.1, 0.15) is 36.7 Å². The van der Waals surface area contributed by atoms with Crippen LogP contribution in [0.4, 0.5) is 5.69 Å². The van der Waals surface area contributed by atoms with E-state index in [1.54, 1.807) is 6.07 Å². The first kappa shape index (κ1) is 11.7. The summed E-state index contributed by atoms with van der Waals surface area (Å²) in [6.45, 7) is 6.21. The molecule has 0 saturated carbocycles. The van der Waals surface area contributed by atoms with Gasteiger partial charge < -0.3 is 10.1 Å². The van der Waals surface area contributed by atoms with Gasteiger partial charge in [-0.15, -0.1) is 0 Å². The lowest BCUT2D eigenvalue weighted by molar-refractivity contribution is 0.0601. The van der Waals surface area contributed by atoms with Gasteiger partial charge in [0.1, 0.15) is 0 Å². The van der Waals surface area contributed by atoms with E-state index in [4.69, 9.17) is 4.74 Å². The maximum Gasteiger partial charge on any atom is 0.339 e. The van der Waals surface area contributed by atoms with E-state index in [2.05, 4.69) is 32.2 Å². The van der Waals surface area contributed by atoms with Crippen LogP contribution >= 0.6 is 0 Å². The number of allylic oxidation sites excluding steroid dienone is 1. The van der Waals surface area contributed by atoms with Crippen molar-refractivity contribution in [1.82, 2.24) is 0 Å². The lowest BCUT2D eigenvalue weighted by Crippen LogP contribution is -2.32. The Kier molecular flexibility index (Phi) is 2.69. The fourth-order valence-electron chi connectivity index (χ4n) is 2.27. The van der Waals surface area contributed by atoms with Gasteiger partial charge in [-0.05, 0) is 32.4 Å². The molecule has 0 saturated heterocycles. The molecule has 1 aromatic carbocycles. The minimum absolute atomic E-state index is 0.152. The number of para-hydroxylation sites is 1. The van der Waals surface area contributed by atoms with E-state index in [1.807, 2.05) is 12.1 Å². The van der Waals surface area contributed by atoms with Gasteiger partial charge in [0.05, 0.1) is 23.9 Å². The normalized spacial score (nSPS) is 16.6. The first-order valence-corrected chi connectivity index (χ1v) is 5.64. The second-order valence-corrected chi connectivity index (χ2v) is 4.89. The number of anilines is 1. The summed E-state index contributed by atoms with van der Waals surface area (Å²) in [5, 5.41) is 3.37. The highest BCUT2D eigenvalue weighted by atomic mass is 16.5. The standard InChI is InChI=1S/C14H17NO2/c1-9-8-14(2,3)15-12-10(9)6-5-7-11(12)13(16)17-4/h5-8,15H,1-4H3. The molecule has 0 aromatic heterocycles. The number of hydrogen-bond donors (Lipinski definition) is 1. The van der Waals surface area contributed by atoms with Gasteiger partial charge in [-0.2, -0.15) is 0 Å². The zero-order valence-electron chi connectivity index (χ0n) is 10.6. The minimum Gasteiger partial charge on any atom is -0.465 e. The summed E-state index contributed by atoms with van der Waals surface area (Å²) in [5.74, 6) is -0.306. The highest BCUT2D eigenvalue weighted by Crippen LogP contribution is 2.35. The van der Waals surface area contributed by atoms with E-state index in [0.29, 0.717) is 5.56 Å². The van der Waals surface area contributed by atoms with Gasteiger partial charge >= 0.3 is 5.97 Å². The highest BCUT2D eigenvalue weighted by molar-refractivity contribution is 5.99. The molecule has 0 amide bonds. The van der Waals surface area contributed by atoms with Crippen molar-refractivity contribution in [3.63, 3.8) is 0 Å². The van der Waals surface area contributed by atoms with Crippen LogP contribution in [-0.2, 0) is 4.74 Å². The van der Waals surface area contributed by atoms with Gasteiger partial charge in [-0.1, -0.05) is 18.2 Å². The Morgan fingerprint density at radius 2 is 2.06 bits per heavy atom. The van der Waals surface area contributed by atoms with Gasteiger partial charge in [0, 0.05) is 5.56 Å².